The highest BCUT2D eigenvalue weighted by molar-refractivity contribution is 6.20. The summed E-state index contributed by atoms with van der Waals surface area (Å²) in [6, 6.07) is 13.5. The van der Waals surface area contributed by atoms with Crippen molar-refractivity contribution in [1.82, 2.24) is 5.01 Å². The van der Waals surface area contributed by atoms with E-state index in [0.29, 0.717) is 0 Å². The van der Waals surface area contributed by atoms with Crippen molar-refractivity contribution in [2.45, 2.75) is 38.5 Å². The van der Waals surface area contributed by atoms with E-state index in [0.717, 1.165) is 12.5 Å². The van der Waals surface area contributed by atoms with Crippen LogP contribution in [0.25, 0.3) is 11.1 Å². The second-order valence-corrected chi connectivity index (χ2v) is 8.33. The lowest BCUT2D eigenvalue weighted by atomic mass is 9.54. The minimum Gasteiger partial charge on any atom is -0.304 e. The van der Waals surface area contributed by atoms with E-state index in [1.165, 1.54) is 33.5 Å². The Hall–Kier alpha value is -2.29. The maximum atomic E-state index is 4.81. The van der Waals surface area contributed by atoms with Gasteiger partial charge in [0.05, 0.1) is 5.69 Å². The van der Waals surface area contributed by atoms with Gasteiger partial charge in [-0.1, -0.05) is 58.0 Å². The molecule has 0 atom stereocenters. The Kier molecular flexibility index (Phi) is 2.36. The van der Waals surface area contributed by atoms with Crippen molar-refractivity contribution in [1.29, 1.82) is 0 Å². The SMILES string of the molecule is CN1CN2C(=N1)c1cccc3c1-c1c2cccc1C(C)(C)C3(C)C. The summed E-state index contributed by atoms with van der Waals surface area (Å²) in [4.78, 5) is 2.36. The number of hydrazone groups is 1. The Labute approximate surface area is 143 Å². The van der Waals surface area contributed by atoms with Gasteiger partial charge in [-0.05, 0) is 33.6 Å². The number of hydrogen-bond acceptors (Lipinski definition) is 3. The largest absolute Gasteiger partial charge is 0.304 e. The quantitative estimate of drug-likeness (QED) is 0.721. The highest BCUT2D eigenvalue weighted by atomic mass is 15.6. The van der Waals surface area contributed by atoms with Crippen LogP contribution in [-0.2, 0) is 10.8 Å². The van der Waals surface area contributed by atoms with Crippen LogP contribution in [0.15, 0.2) is 41.5 Å². The number of anilines is 1. The van der Waals surface area contributed by atoms with Crippen molar-refractivity contribution >= 4 is 11.5 Å². The monoisotopic (exact) mass is 317 g/mol. The summed E-state index contributed by atoms with van der Waals surface area (Å²) in [5.74, 6) is 1.09. The maximum Gasteiger partial charge on any atom is 0.162 e. The van der Waals surface area contributed by atoms with Crippen LogP contribution in [0.2, 0.25) is 0 Å². The second-order valence-electron chi connectivity index (χ2n) is 8.33. The van der Waals surface area contributed by atoms with E-state index in [4.69, 9.17) is 5.10 Å². The van der Waals surface area contributed by atoms with E-state index < -0.39 is 0 Å². The lowest BCUT2D eigenvalue weighted by Crippen LogP contribution is -2.46. The van der Waals surface area contributed by atoms with Gasteiger partial charge in [0.1, 0.15) is 6.67 Å². The second kappa shape index (κ2) is 4.02. The van der Waals surface area contributed by atoms with Gasteiger partial charge in [-0.15, -0.1) is 0 Å². The fraction of sp³-hybridized carbons (Fsp3) is 0.381. The van der Waals surface area contributed by atoms with Gasteiger partial charge in [0.2, 0.25) is 0 Å². The van der Waals surface area contributed by atoms with Gasteiger partial charge in [0.15, 0.2) is 5.84 Å². The molecule has 3 heteroatoms. The first-order valence-corrected chi connectivity index (χ1v) is 8.69. The fourth-order valence-corrected chi connectivity index (χ4v) is 4.66. The standard InChI is InChI=1S/C21H23N3/c1-20(2)14-9-6-8-13-17(14)18-15(21(20,3)4)10-7-11-16(18)24-12-23(5)22-19(13)24/h6-11H,12H2,1-5H3. The van der Waals surface area contributed by atoms with Crippen molar-refractivity contribution in [2.24, 2.45) is 5.10 Å². The van der Waals surface area contributed by atoms with Crippen LogP contribution in [0.1, 0.15) is 44.4 Å². The molecule has 1 aliphatic carbocycles. The Morgan fingerprint density at radius 1 is 0.875 bits per heavy atom. The van der Waals surface area contributed by atoms with E-state index in [2.05, 4.69) is 69.0 Å². The van der Waals surface area contributed by atoms with Crippen molar-refractivity contribution in [3.8, 4) is 11.1 Å². The van der Waals surface area contributed by atoms with Gasteiger partial charge < -0.3 is 4.90 Å². The molecule has 0 saturated heterocycles. The summed E-state index contributed by atoms with van der Waals surface area (Å²) in [5, 5.41) is 6.84. The third kappa shape index (κ3) is 1.38. The Bertz CT molecular complexity index is 921. The molecule has 2 aromatic rings. The Balaban J connectivity index is 1.98. The van der Waals surface area contributed by atoms with Crippen LogP contribution in [0.4, 0.5) is 5.69 Å². The van der Waals surface area contributed by atoms with Crippen LogP contribution < -0.4 is 4.90 Å². The molecule has 0 saturated carbocycles. The van der Waals surface area contributed by atoms with E-state index >= 15 is 0 Å². The van der Waals surface area contributed by atoms with Gasteiger partial charge in [-0.3, -0.25) is 5.01 Å². The van der Waals surface area contributed by atoms with Crippen molar-refractivity contribution in [2.75, 3.05) is 18.6 Å². The third-order valence-electron chi connectivity index (χ3n) is 6.66. The first-order chi connectivity index (χ1) is 11.3. The minimum atomic E-state index is 0.0667. The van der Waals surface area contributed by atoms with Crippen LogP contribution in [0, 0.1) is 0 Å². The molecule has 2 aliphatic heterocycles. The molecule has 122 valence electrons. The molecule has 0 N–H and O–H groups in total. The molecule has 0 aromatic heterocycles. The molecule has 2 heterocycles. The van der Waals surface area contributed by atoms with Crippen molar-refractivity contribution < 1.29 is 0 Å². The van der Waals surface area contributed by atoms with Gasteiger partial charge in [-0.2, -0.15) is 5.10 Å². The Morgan fingerprint density at radius 3 is 2.21 bits per heavy atom. The number of fused-ring (bicyclic) bond motifs is 3. The van der Waals surface area contributed by atoms with Gasteiger partial charge >= 0.3 is 0 Å². The maximum absolute atomic E-state index is 4.81. The van der Waals surface area contributed by atoms with Gasteiger partial charge in [0.25, 0.3) is 0 Å². The third-order valence-corrected chi connectivity index (χ3v) is 6.66. The van der Waals surface area contributed by atoms with E-state index in [1.54, 1.807) is 0 Å². The molecule has 0 fully saturated rings. The molecule has 0 bridgehead atoms. The number of rotatable bonds is 0. The average molecular weight is 317 g/mol. The predicted octanol–water partition coefficient (Wildman–Crippen LogP) is 4.31. The smallest absolute Gasteiger partial charge is 0.162 e. The molecule has 24 heavy (non-hydrogen) atoms. The summed E-state index contributed by atoms with van der Waals surface area (Å²) in [6.45, 7) is 10.4. The van der Waals surface area contributed by atoms with E-state index in [1.807, 2.05) is 12.1 Å². The number of amidine groups is 1. The molecule has 3 aliphatic rings. The first kappa shape index (κ1) is 14.1. The normalized spacial score (nSPS) is 21.3. The number of hydrogen-bond donors (Lipinski definition) is 0. The molecule has 0 unspecified atom stereocenters. The van der Waals surface area contributed by atoms with Crippen LogP contribution in [0.3, 0.4) is 0 Å². The first-order valence-electron chi connectivity index (χ1n) is 8.69. The van der Waals surface area contributed by atoms with Crippen LogP contribution in [0.5, 0.6) is 0 Å². The molecule has 5 rings (SSSR count). The zero-order chi connectivity index (χ0) is 16.9. The highest BCUT2D eigenvalue weighted by Crippen LogP contribution is 2.58. The number of nitrogens with zero attached hydrogens (tertiary/aromatic N) is 3. The zero-order valence-electron chi connectivity index (χ0n) is 15.0. The van der Waals surface area contributed by atoms with E-state index in [-0.39, 0.29) is 10.8 Å². The number of benzene rings is 2. The highest BCUT2D eigenvalue weighted by Gasteiger charge is 2.49. The summed E-state index contributed by atoms with van der Waals surface area (Å²) in [7, 11) is 2.05. The summed E-state index contributed by atoms with van der Waals surface area (Å²) in [5.41, 5.74) is 8.45. The molecular formula is C21H23N3. The molecule has 2 aromatic carbocycles. The van der Waals surface area contributed by atoms with Crippen LogP contribution >= 0.6 is 0 Å². The fourth-order valence-electron chi connectivity index (χ4n) is 4.66. The Morgan fingerprint density at radius 2 is 1.50 bits per heavy atom. The van der Waals surface area contributed by atoms with E-state index in [9.17, 15) is 0 Å². The van der Waals surface area contributed by atoms with Crippen molar-refractivity contribution in [3.05, 3.63) is 53.1 Å². The van der Waals surface area contributed by atoms with Crippen LogP contribution in [-0.4, -0.2) is 24.6 Å². The van der Waals surface area contributed by atoms with Gasteiger partial charge in [-0.25, -0.2) is 0 Å². The molecule has 3 nitrogen and oxygen atoms in total. The summed E-state index contributed by atoms with van der Waals surface area (Å²) < 4.78 is 0. The van der Waals surface area contributed by atoms with Crippen molar-refractivity contribution in [3.63, 3.8) is 0 Å². The summed E-state index contributed by atoms with van der Waals surface area (Å²) in [6.07, 6.45) is 0. The molecule has 0 amide bonds. The molecule has 0 radical (unpaired) electrons. The lowest BCUT2D eigenvalue weighted by molar-refractivity contribution is 0.299. The lowest BCUT2D eigenvalue weighted by Gasteiger charge is -2.50. The molecular weight excluding hydrogens is 294 g/mol. The summed E-state index contributed by atoms with van der Waals surface area (Å²) >= 11 is 0. The minimum absolute atomic E-state index is 0.0667. The predicted molar refractivity (Wildman–Crippen MR) is 99.6 cm³/mol. The zero-order valence-corrected chi connectivity index (χ0v) is 15.0. The molecule has 0 spiro atoms. The average Bonchev–Trinajstić information content (AvgIpc) is 2.94. The van der Waals surface area contributed by atoms with Gasteiger partial charge in [0, 0.05) is 18.2 Å². The topological polar surface area (TPSA) is 18.8 Å².